The quantitative estimate of drug-likeness (QED) is 0.868. The fraction of sp³-hybridized carbons (Fsp3) is 0.300. The Bertz CT molecular complexity index is 753. The van der Waals surface area contributed by atoms with E-state index in [0.717, 1.165) is 48.2 Å². The molecule has 0 aliphatic carbocycles. The lowest BCUT2D eigenvalue weighted by molar-refractivity contribution is -0.115. The van der Waals surface area contributed by atoms with Crippen molar-refractivity contribution in [3.05, 3.63) is 59.7 Å². The third kappa shape index (κ3) is 3.42. The number of carbonyl (C=O) groups excluding carboxylic acids is 2. The maximum absolute atomic E-state index is 12.6. The standard InChI is InChI=1S/C20H20N2O2S/c23-19-17(11-9-13-5-1-3-7-15(13)21-19)25-18-12-10-14-6-2-4-8-16(14)22-20(18)24/h1-8,17-18H,9-12H2,(H,21,23)(H,22,24). The highest BCUT2D eigenvalue weighted by Gasteiger charge is 2.31. The van der Waals surface area contributed by atoms with Crippen LogP contribution in [0.2, 0.25) is 0 Å². The Kier molecular flexibility index (Phi) is 4.49. The molecule has 2 unspecified atom stereocenters. The molecule has 0 radical (unpaired) electrons. The summed E-state index contributed by atoms with van der Waals surface area (Å²) in [5, 5.41) is 5.63. The van der Waals surface area contributed by atoms with Crippen LogP contribution in [0.15, 0.2) is 48.5 Å². The molecule has 2 aromatic rings. The van der Waals surface area contributed by atoms with Gasteiger partial charge in [0.05, 0.1) is 10.5 Å². The Balaban J connectivity index is 1.47. The Labute approximate surface area is 151 Å². The van der Waals surface area contributed by atoms with Crippen LogP contribution in [-0.2, 0) is 22.4 Å². The highest BCUT2D eigenvalue weighted by molar-refractivity contribution is 8.01. The second-order valence-electron chi connectivity index (χ2n) is 6.48. The summed E-state index contributed by atoms with van der Waals surface area (Å²) in [7, 11) is 0. The molecule has 5 heteroatoms. The van der Waals surface area contributed by atoms with Crippen LogP contribution in [0.4, 0.5) is 11.4 Å². The number of amides is 2. The van der Waals surface area contributed by atoms with Crippen LogP contribution in [0.5, 0.6) is 0 Å². The summed E-state index contributed by atoms with van der Waals surface area (Å²) in [4.78, 5) is 25.2. The zero-order valence-corrected chi connectivity index (χ0v) is 14.6. The summed E-state index contributed by atoms with van der Waals surface area (Å²) in [6.45, 7) is 0. The largest absolute Gasteiger partial charge is 0.325 e. The number of anilines is 2. The molecule has 4 nitrogen and oxygen atoms in total. The molecule has 2 aliphatic heterocycles. The number of hydrogen-bond acceptors (Lipinski definition) is 3. The topological polar surface area (TPSA) is 58.2 Å². The minimum Gasteiger partial charge on any atom is -0.325 e. The van der Waals surface area contributed by atoms with Gasteiger partial charge in [-0.25, -0.2) is 0 Å². The SMILES string of the molecule is O=C1Nc2ccccc2CCC1SC1CCc2ccccc2NC1=O. The van der Waals surface area contributed by atoms with E-state index in [-0.39, 0.29) is 22.3 Å². The Morgan fingerprint density at radius 3 is 1.64 bits per heavy atom. The van der Waals surface area contributed by atoms with E-state index >= 15 is 0 Å². The van der Waals surface area contributed by atoms with Gasteiger partial charge in [-0.05, 0) is 48.9 Å². The Morgan fingerprint density at radius 1 is 0.720 bits per heavy atom. The van der Waals surface area contributed by atoms with Gasteiger partial charge < -0.3 is 10.6 Å². The third-order valence-corrected chi connectivity index (χ3v) is 6.37. The van der Waals surface area contributed by atoms with Gasteiger partial charge in [0.25, 0.3) is 0 Å². The number of nitrogens with one attached hydrogen (secondary N) is 2. The van der Waals surface area contributed by atoms with E-state index < -0.39 is 0 Å². The minimum absolute atomic E-state index is 0.00418. The van der Waals surface area contributed by atoms with E-state index in [4.69, 9.17) is 0 Å². The lowest BCUT2D eigenvalue weighted by atomic mass is 10.1. The van der Waals surface area contributed by atoms with Crippen molar-refractivity contribution in [1.82, 2.24) is 0 Å². The molecule has 0 fully saturated rings. The Hall–Kier alpha value is -2.27. The van der Waals surface area contributed by atoms with Gasteiger partial charge >= 0.3 is 0 Å². The molecule has 0 aromatic heterocycles. The second kappa shape index (κ2) is 6.92. The first-order chi connectivity index (χ1) is 12.2. The van der Waals surface area contributed by atoms with Crippen molar-refractivity contribution >= 4 is 35.0 Å². The van der Waals surface area contributed by atoms with Crippen molar-refractivity contribution in [3.8, 4) is 0 Å². The molecule has 4 rings (SSSR count). The highest BCUT2D eigenvalue weighted by Crippen LogP contribution is 2.33. The van der Waals surface area contributed by atoms with Crippen molar-refractivity contribution in [2.45, 2.75) is 36.2 Å². The van der Waals surface area contributed by atoms with Crippen LogP contribution in [0.1, 0.15) is 24.0 Å². The van der Waals surface area contributed by atoms with E-state index in [1.54, 1.807) is 0 Å². The van der Waals surface area contributed by atoms with Gasteiger partial charge in [-0.2, -0.15) is 0 Å². The highest BCUT2D eigenvalue weighted by atomic mass is 32.2. The lowest BCUT2D eigenvalue weighted by Crippen LogP contribution is -2.31. The van der Waals surface area contributed by atoms with Crippen LogP contribution in [0.25, 0.3) is 0 Å². The molecule has 2 atom stereocenters. The van der Waals surface area contributed by atoms with Crippen LogP contribution < -0.4 is 10.6 Å². The van der Waals surface area contributed by atoms with E-state index in [1.807, 2.05) is 36.4 Å². The van der Waals surface area contributed by atoms with Crippen molar-refractivity contribution < 1.29 is 9.59 Å². The third-order valence-electron chi connectivity index (χ3n) is 4.82. The van der Waals surface area contributed by atoms with E-state index in [1.165, 1.54) is 11.8 Å². The average Bonchev–Trinajstić information content (AvgIpc) is 2.88. The van der Waals surface area contributed by atoms with E-state index in [2.05, 4.69) is 22.8 Å². The molecule has 2 heterocycles. The summed E-state index contributed by atoms with van der Waals surface area (Å²) in [5.74, 6) is 0.00835. The molecule has 2 amide bonds. The average molecular weight is 352 g/mol. The summed E-state index contributed by atoms with van der Waals surface area (Å²) < 4.78 is 0. The van der Waals surface area contributed by atoms with E-state index in [0.29, 0.717) is 0 Å². The zero-order chi connectivity index (χ0) is 17.2. The second-order valence-corrected chi connectivity index (χ2v) is 7.89. The van der Waals surface area contributed by atoms with Gasteiger partial charge in [0.1, 0.15) is 0 Å². The van der Waals surface area contributed by atoms with Crippen molar-refractivity contribution in [3.63, 3.8) is 0 Å². The van der Waals surface area contributed by atoms with Crippen LogP contribution in [0, 0.1) is 0 Å². The maximum Gasteiger partial charge on any atom is 0.237 e. The van der Waals surface area contributed by atoms with Crippen LogP contribution in [0.3, 0.4) is 0 Å². The predicted molar refractivity (Wildman–Crippen MR) is 102 cm³/mol. The summed E-state index contributed by atoms with van der Waals surface area (Å²) >= 11 is 1.50. The molecular weight excluding hydrogens is 332 g/mol. The number of rotatable bonds is 2. The van der Waals surface area contributed by atoms with Crippen molar-refractivity contribution in [2.75, 3.05) is 10.6 Å². The molecule has 2 N–H and O–H groups in total. The van der Waals surface area contributed by atoms with Gasteiger partial charge in [-0.3, -0.25) is 9.59 Å². The van der Waals surface area contributed by atoms with Gasteiger partial charge in [-0.15, -0.1) is 11.8 Å². The molecule has 128 valence electrons. The number of benzene rings is 2. The van der Waals surface area contributed by atoms with Crippen LogP contribution >= 0.6 is 11.8 Å². The Morgan fingerprint density at radius 2 is 1.16 bits per heavy atom. The first kappa shape index (κ1) is 16.2. The molecule has 25 heavy (non-hydrogen) atoms. The van der Waals surface area contributed by atoms with Crippen LogP contribution in [-0.4, -0.2) is 22.3 Å². The van der Waals surface area contributed by atoms with Crippen molar-refractivity contribution in [1.29, 1.82) is 0 Å². The molecule has 0 bridgehead atoms. The van der Waals surface area contributed by atoms with Crippen molar-refractivity contribution in [2.24, 2.45) is 0 Å². The first-order valence-electron chi connectivity index (χ1n) is 8.64. The number of carbonyl (C=O) groups is 2. The molecule has 2 aromatic carbocycles. The normalized spacial score (nSPS) is 22.7. The maximum atomic E-state index is 12.6. The number of para-hydroxylation sites is 2. The molecule has 0 saturated carbocycles. The number of fused-ring (bicyclic) bond motifs is 2. The van der Waals surface area contributed by atoms with Gasteiger partial charge in [-0.1, -0.05) is 36.4 Å². The van der Waals surface area contributed by atoms with Gasteiger partial charge in [0.15, 0.2) is 0 Å². The molecular formula is C20H20N2O2S. The lowest BCUT2D eigenvalue weighted by Gasteiger charge is -2.19. The predicted octanol–water partition coefficient (Wildman–Crippen LogP) is 3.63. The number of thioether (sulfide) groups is 1. The monoisotopic (exact) mass is 352 g/mol. The molecule has 0 saturated heterocycles. The zero-order valence-electron chi connectivity index (χ0n) is 13.8. The smallest absolute Gasteiger partial charge is 0.237 e. The number of aryl methyl sites for hydroxylation is 2. The van der Waals surface area contributed by atoms with Gasteiger partial charge in [0.2, 0.25) is 11.8 Å². The fourth-order valence-corrected chi connectivity index (χ4v) is 4.71. The number of hydrogen-bond donors (Lipinski definition) is 2. The molecule has 0 spiro atoms. The summed E-state index contributed by atoms with van der Waals surface area (Å²) in [6.07, 6.45) is 3.21. The van der Waals surface area contributed by atoms with E-state index in [9.17, 15) is 9.59 Å². The van der Waals surface area contributed by atoms with Gasteiger partial charge in [0, 0.05) is 11.4 Å². The summed E-state index contributed by atoms with van der Waals surface area (Å²) in [5.41, 5.74) is 4.12. The summed E-state index contributed by atoms with van der Waals surface area (Å²) in [6, 6.07) is 15.8. The first-order valence-corrected chi connectivity index (χ1v) is 9.58. The molecule has 2 aliphatic rings. The minimum atomic E-state index is -0.204. The fourth-order valence-electron chi connectivity index (χ4n) is 3.44.